The summed E-state index contributed by atoms with van der Waals surface area (Å²) in [4.78, 5) is 25.2. The Bertz CT molecular complexity index is 576. The number of aryl methyl sites for hydroxylation is 1. The highest BCUT2D eigenvalue weighted by molar-refractivity contribution is 5.90. The average Bonchev–Trinajstić information content (AvgIpc) is 2.91. The van der Waals surface area contributed by atoms with Gasteiger partial charge >= 0.3 is 11.9 Å². The van der Waals surface area contributed by atoms with E-state index in [1.165, 1.54) is 0 Å². The summed E-state index contributed by atoms with van der Waals surface area (Å²) in [6.45, 7) is 8.29. The Hall–Kier alpha value is -1.84. The maximum atomic E-state index is 12.7. The van der Waals surface area contributed by atoms with Crippen LogP contribution in [0.2, 0.25) is 0 Å². The highest BCUT2D eigenvalue weighted by Gasteiger charge is 2.52. The van der Waals surface area contributed by atoms with Gasteiger partial charge in [-0.3, -0.25) is 4.79 Å². The number of benzene rings is 1. The van der Waals surface area contributed by atoms with Crippen molar-refractivity contribution < 1.29 is 19.1 Å². The molecule has 0 saturated heterocycles. The van der Waals surface area contributed by atoms with Gasteiger partial charge in [-0.1, -0.05) is 31.5 Å². The monoisotopic (exact) mass is 332 g/mol. The van der Waals surface area contributed by atoms with E-state index in [2.05, 4.69) is 13.8 Å². The maximum Gasteiger partial charge on any atom is 0.338 e. The Morgan fingerprint density at radius 1 is 1.25 bits per heavy atom. The summed E-state index contributed by atoms with van der Waals surface area (Å²) in [6, 6.07) is 7.30. The Labute approximate surface area is 144 Å². The van der Waals surface area contributed by atoms with Crippen LogP contribution in [-0.4, -0.2) is 24.6 Å². The number of hydrogen-bond acceptors (Lipinski definition) is 4. The highest BCUT2D eigenvalue weighted by Crippen LogP contribution is 2.46. The summed E-state index contributed by atoms with van der Waals surface area (Å²) in [5.41, 5.74) is 0.910. The van der Waals surface area contributed by atoms with Crippen molar-refractivity contribution >= 4 is 11.9 Å². The van der Waals surface area contributed by atoms with Crippen LogP contribution in [0.3, 0.4) is 0 Å². The van der Waals surface area contributed by atoms with E-state index >= 15 is 0 Å². The second-order valence-electron chi connectivity index (χ2n) is 7.13. The van der Waals surface area contributed by atoms with E-state index < -0.39 is 11.5 Å². The molecule has 2 unspecified atom stereocenters. The first kappa shape index (κ1) is 18.5. The third-order valence-electron chi connectivity index (χ3n) is 4.70. The van der Waals surface area contributed by atoms with Gasteiger partial charge in [-0.15, -0.1) is 0 Å². The first-order chi connectivity index (χ1) is 11.4. The molecule has 1 aromatic carbocycles. The van der Waals surface area contributed by atoms with Crippen LogP contribution < -0.4 is 0 Å². The minimum atomic E-state index is -0.704. The highest BCUT2D eigenvalue weighted by atomic mass is 16.6. The fourth-order valence-electron chi connectivity index (χ4n) is 3.65. The lowest BCUT2D eigenvalue weighted by atomic mass is 9.76. The van der Waals surface area contributed by atoms with E-state index in [1.807, 2.05) is 26.0 Å². The van der Waals surface area contributed by atoms with Gasteiger partial charge < -0.3 is 9.47 Å². The van der Waals surface area contributed by atoms with Crippen LogP contribution in [0.4, 0.5) is 0 Å². The molecule has 1 saturated carbocycles. The van der Waals surface area contributed by atoms with Gasteiger partial charge in [-0.25, -0.2) is 4.79 Å². The lowest BCUT2D eigenvalue weighted by Gasteiger charge is -2.34. The quantitative estimate of drug-likeness (QED) is 0.729. The van der Waals surface area contributed by atoms with Crippen LogP contribution >= 0.6 is 0 Å². The fraction of sp³-hybridized carbons (Fsp3) is 0.600. The van der Waals surface area contributed by atoms with Crippen LogP contribution in [0, 0.1) is 18.3 Å². The Morgan fingerprint density at radius 2 is 1.92 bits per heavy atom. The van der Waals surface area contributed by atoms with Crippen LogP contribution in [0.15, 0.2) is 24.3 Å². The van der Waals surface area contributed by atoms with Gasteiger partial charge in [0.05, 0.1) is 12.2 Å². The number of ether oxygens (including phenoxy) is 2. The molecule has 0 bridgehead atoms. The second-order valence-corrected chi connectivity index (χ2v) is 7.13. The molecular formula is C20H28O4. The van der Waals surface area contributed by atoms with Crippen molar-refractivity contribution in [2.24, 2.45) is 11.3 Å². The second kappa shape index (κ2) is 7.82. The van der Waals surface area contributed by atoms with Crippen molar-refractivity contribution in [2.45, 2.75) is 59.5 Å². The zero-order chi connectivity index (χ0) is 17.7. The number of esters is 2. The van der Waals surface area contributed by atoms with E-state index in [0.29, 0.717) is 30.9 Å². The predicted molar refractivity (Wildman–Crippen MR) is 92.8 cm³/mol. The Morgan fingerprint density at radius 3 is 2.50 bits per heavy atom. The molecule has 1 aliphatic rings. The predicted octanol–water partition coefficient (Wildman–Crippen LogP) is 4.30. The molecule has 2 rings (SSSR count). The maximum absolute atomic E-state index is 12.7. The molecule has 0 radical (unpaired) electrons. The smallest absolute Gasteiger partial charge is 0.338 e. The summed E-state index contributed by atoms with van der Waals surface area (Å²) in [6.07, 6.45) is 2.57. The first-order valence-corrected chi connectivity index (χ1v) is 8.84. The molecule has 1 fully saturated rings. The summed E-state index contributed by atoms with van der Waals surface area (Å²) < 4.78 is 11.1. The minimum absolute atomic E-state index is 0.224. The van der Waals surface area contributed by atoms with Gasteiger partial charge in [-0.2, -0.15) is 0 Å². The van der Waals surface area contributed by atoms with E-state index in [9.17, 15) is 9.59 Å². The van der Waals surface area contributed by atoms with Crippen molar-refractivity contribution in [3.05, 3.63) is 35.4 Å². The first-order valence-electron chi connectivity index (χ1n) is 8.84. The van der Waals surface area contributed by atoms with Gasteiger partial charge in [0.2, 0.25) is 0 Å². The van der Waals surface area contributed by atoms with Gasteiger partial charge in [0.25, 0.3) is 0 Å². The molecule has 2 atom stereocenters. The van der Waals surface area contributed by atoms with E-state index in [-0.39, 0.29) is 11.9 Å². The van der Waals surface area contributed by atoms with Gasteiger partial charge in [0.1, 0.15) is 11.5 Å². The number of rotatable bonds is 6. The lowest BCUT2D eigenvalue weighted by Crippen LogP contribution is -2.43. The fourth-order valence-corrected chi connectivity index (χ4v) is 3.65. The zero-order valence-corrected chi connectivity index (χ0v) is 15.1. The van der Waals surface area contributed by atoms with Crippen molar-refractivity contribution in [3.8, 4) is 0 Å². The van der Waals surface area contributed by atoms with Crippen LogP contribution in [0.1, 0.15) is 62.4 Å². The molecule has 0 amide bonds. The van der Waals surface area contributed by atoms with Crippen molar-refractivity contribution in [3.63, 3.8) is 0 Å². The van der Waals surface area contributed by atoms with E-state index in [0.717, 1.165) is 18.4 Å². The third kappa shape index (κ3) is 3.97. The van der Waals surface area contributed by atoms with Crippen LogP contribution in [-0.2, 0) is 14.3 Å². The third-order valence-corrected chi connectivity index (χ3v) is 4.70. The van der Waals surface area contributed by atoms with Crippen molar-refractivity contribution in [2.75, 3.05) is 6.61 Å². The van der Waals surface area contributed by atoms with Gasteiger partial charge in [-0.05, 0) is 57.6 Å². The molecular weight excluding hydrogens is 304 g/mol. The summed E-state index contributed by atoms with van der Waals surface area (Å²) in [5.74, 6) is -0.259. The van der Waals surface area contributed by atoms with Crippen molar-refractivity contribution in [1.82, 2.24) is 0 Å². The molecule has 0 aliphatic heterocycles. The Kier molecular flexibility index (Phi) is 6.03. The number of carbonyl (C=O) groups excluding carboxylic acids is 2. The summed E-state index contributed by atoms with van der Waals surface area (Å²) in [5, 5.41) is 0. The minimum Gasteiger partial charge on any atom is -0.465 e. The molecule has 0 N–H and O–H groups in total. The van der Waals surface area contributed by atoms with Crippen LogP contribution in [0.5, 0.6) is 0 Å². The topological polar surface area (TPSA) is 52.6 Å². The van der Waals surface area contributed by atoms with Gasteiger partial charge in [0.15, 0.2) is 0 Å². The molecule has 1 aliphatic carbocycles. The molecule has 0 heterocycles. The van der Waals surface area contributed by atoms with E-state index in [4.69, 9.17) is 9.47 Å². The molecule has 0 aromatic heterocycles. The Balaban J connectivity index is 2.20. The summed E-state index contributed by atoms with van der Waals surface area (Å²) >= 11 is 0. The summed E-state index contributed by atoms with van der Waals surface area (Å²) in [7, 11) is 0. The van der Waals surface area contributed by atoms with Gasteiger partial charge in [0, 0.05) is 0 Å². The SMILES string of the molecule is CCOC(=O)C1(CC(C)C)CCCC1OC(=O)c1ccc(C)cc1. The van der Waals surface area contributed by atoms with E-state index in [1.54, 1.807) is 12.1 Å². The average molecular weight is 332 g/mol. The molecule has 1 aromatic rings. The molecule has 4 nitrogen and oxygen atoms in total. The standard InChI is InChI=1S/C20H28O4/c1-5-23-19(22)20(13-14(2)3)12-6-7-17(20)24-18(21)16-10-8-15(4)9-11-16/h8-11,14,17H,5-7,12-13H2,1-4H3. The van der Waals surface area contributed by atoms with Crippen LogP contribution in [0.25, 0.3) is 0 Å². The number of carbonyl (C=O) groups is 2. The lowest BCUT2D eigenvalue weighted by molar-refractivity contribution is -0.162. The van der Waals surface area contributed by atoms with Crippen molar-refractivity contribution in [1.29, 1.82) is 0 Å². The number of hydrogen-bond donors (Lipinski definition) is 0. The molecule has 0 spiro atoms. The molecule has 24 heavy (non-hydrogen) atoms. The molecule has 132 valence electrons. The zero-order valence-electron chi connectivity index (χ0n) is 15.1. The molecule has 4 heteroatoms. The largest absolute Gasteiger partial charge is 0.465 e. The normalized spacial score (nSPS) is 23.3.